The van der Waals surface area contributed by atoms with Gasteiger partial charge in [0.1, 0.15) is 0 Å². The predicted octanol–water partition coefficient (Wildman–Crippen LogP) is 3.17. The van der Waals surface area contributed by atoms with Crippen molar-refractivity contribution < 1.29 is 4.79 Å². The molecular weight excluding hydrogens is 222 g/mol. The largest absolute Gasteiger partial charge is 0.329 e. The van der Waals surface area contributed by atoms with Crippen LogP contribution in [0.15, 0.2) is 72.9 Å². The molecule has 1 N–H and O–H groups in total. The predicted molar refractivity (Wildman–Crippen MR) is 73.2 cm³/mol. The molecule has 2 rings (SSSR count). The SMILES string of the molecule is O=C(N/C=C/Cc1ccccc1)c1ccccc1. The molecule has 0 saturated heterocycles. The number of carbonyl (C=O) groups excluding carboxylic acids is 1. The second-order valence-electron chi connectivity index (χ2n) is 3.93. The molecule has 0 saturated carbocycles. The van der Waals surface area contributed by atoms with Crippen molar-refractivity contribution in [1.29, 1.82) is 0 Å². The summed E-state index contributed by atoms with van der Waals surface area (Å²) in [5, 5.41) is 2.75. The van der Waals surface area contributed by atoms with Crippen LogP contribution in [-0.2, 0) is 6.42 Å². The van der Waals surface area contributed by atoms with Crippen LogP contribution in [0.5, 0.6) is 0 Å². The zero-order chi connectivity index (χ0) is 12.6. The molecule has 0 fully saturated rings. The molecule has 1 amide bonds. The third-order valence-electron chi connectivity index (χ3n) is 2.56. The fraction of sp³-hybridized carbons (Fsp3) is 0.0625. The maximum atomic E-state index is 11.7. The maximum absolute atomic E-state index is 11.7. The van der Waals surface area contributed by atoms with Gasteiger partial charge in [-0.25, -0.2) is 0 Å². The Bertz CT molecular complexity index is 517. The Balaban J connectivity index is 1.83. The quantitative estimate of drug-likeness (QED) is 0.869. The van der Waals surface area contributed by atoms with Gasteiger partial charge in [0.15, 0.2) is 0 Å². The van der Waals surface area contributed by atoms with Crippen molar-refractivity contribution in [2.24, 2.45) is 0 Å². The topological polar surface area (TPSA) is 29.1 Å². The highest BCUT2D eigenvalue weighted by atomic mass is 16.1. The zero-order valence-electron chi connectivity index (χ0n) is 10.0. The van der Waals surface area contributed by atoms with Gasteiger partial charge >= 0.3 is 0 Å². The van der Waals surface area contributed by atoms with E-state index in [1.807, 2.05) is 42.5 Å². The lowest BCUT2D eigenvalue weighted by Gasteiger charge is -1.99. The van der Waals surface area contributed by atoms with E-state index in [1.165, 1.54) is 5.56 Å². The molecule has 0 heterocycles. The van der Waals surface area contributed by atoms with Crippen molar-refractivity contribution >= 4 is 5.91 Å². The molecule has 90 valence electrons. The van der Waals surface area contributed by atoms with Crippen molar-refractivity contribution in [3.63, 3.8) is 0 Å². The van der Waals surface area contributed by atoms with Gasteiger partial charge in [-0.3, -0.25) is 4.79 Å². The summed E-state index contributed by atoms with van der Waals surface area (Å²) >= 11 is 0. The van der Waals surface area contributed by atoms with Crippen LogP contribution in [0.1, 0.15) is 15.9 Å². The van der Waals surface area contributed by atoms with Crippen LogP contribution in [-0.4, -0.2) is 5.91 Å². The third kappa shape index (κ3) is 3.59. The Labute approximate surface area is 107 Å². The lowest BCUT2D eigenvalue weighted by Crippen LogP contribution is -2.16. The van der Waals surface area contributed by atoms with Gasteiger partial charge in [0.2, 0.25) is 0 Å². The van der Waals surface area contributed by atoms with Crippen LogP contribution in [0.3, 0.4) is 0 Å². The Hall–Kier alpha value is -2.35. The number of rotatable bonds is 4. The van der Waals surface area contributed by atoms with Gasteiger partial charge in [-0.2, -0.15) is 0 Å². The summed E-state index contributed by atoms with van der Waals surface area (Å²) in [6, 6.07) is 19.3. The van der Waals surface area contributed by atoms with Crippen molar-refractivity contribution in [3.05, 3.63) is 84.1 Å². The molecule has 18 heavy (non-hydrogen) atoms. The molecule has 0 aliphatic heterocycles. The number of hydrogen-bond acceptors (Lipinski definition) is 1. The number of hydrogen-bond donors (Lipinski definition) is 1. The second-order valence-corrected chi connectivity index (χ2v) is 3.93. The van der Waals surface area contributed by atoms with Crippen molar-refractivity contribution in [2.45, 2.75) is 6.42 Å². The highest BCUT2D eigenvalue weighted by Crippen LogP contribution is 2.00. The number of benzene rings is 2. The third-order valence-corrected chi connectivity index (χ3v) is 2.56. The normalized spacial score (nSPS) is 10.4. The molecule has 2 aromatic carbocycles. The fourth-order valence-electron chi connectivity index (χ4n) is 1.62. The summed E-state index contributed by atoms with van der Waals surface area (Å²) in [6.07, 6.45) is 4.45. The fourth-order valence-corrected chi connectivity index (χ4v) is 1.62. The van der Waals surface area contributed by atoms with Crippen molar-refractivity contribution in [2.75, 3.05) is 0 Å². The first-order chi connectivity index (χ1) is 8.86. The molecule has 0 aromatic heterocycles. The Kier molecular flexibility index (Phi) is 4.31. The van der Waals surface area contributed by atoms with Crippen LogP contribution >= 0.6 is 0 Å². The molecule has 0 bridgehead atoms. The molecule has 2 nitrogen and oxygen atoms in total. The van der Waals surface area contributed by atoms with Gasteiger partial charge < -0.3 is 5.32 Å². The van der Waals surface area contributed by atoms with Crippen LogP contribution in [0.25, 0.3) is 0 Å². The lowest BCUT2D eigenvalue weighted by atomic mass is 10.1. The van der Waals surface area contributed by atoms with Gasteiger partial charge in [0.25, 0.3) is 5.91 Å². The van der Waals surface area contributed by atoms with Crippen molar-refractivity contribution in [1.82, 2.24) is 5.32 Å². The first-order valence-corrected chi connectivity index (χ1v) is 5.91. The van der Waals surface area contributed by atoms with E-state index in [0.717, 1.165) is 6.42 Å². The van der Waals surface area contributed by atoms with E-state index < -0.39 is 0 Å². The molecule has 2 heteroatoms. The molecule has 0 unspecified atom stereocenters. The summed E-state index contributed by atoms with van der Waals surface area (Å²) in [5.41, 5.74) is 1.89. The average Bonchev–Trinajstić information content (AvgIpc) is 2.45. The Morgan fingerprint density at radius 1 is 0.944 bits per heavy atom. The number of carbonyl (C=O) groups is 1. The van der Waals surface area contributed by atoms with E-state index in [0.29, 0.717) is 5.56 Å². The number of allylic oxidation sites excluding steroid dienone is 1. The molecule has 0 spiro atoms. The van der Waals surface area contributed by atoms with E-state index in [2.05, 4.69) is 17.4 Å². The minimum Gasteiger partial charge on any atom is -0.329 e. The van der Waals surface area contributed by atoms with E-state index in [1.54, 1.807) is 18.3 Å². The highest BCUT2D eigenvalue weighted by molar-refractivity contribution is 5.94. The molecule has 0 atom stereocenters. The van der Waals surface area contributed by atoms with E-state index >= 15 is 0 Å². The van der Waals surface area contributed by atoms with Crippen LogP contribution in [0, 0.1) is 0 Å². The molecule has 2 aromatic rings. The van der Waals surface area contributed by atoms with E-state index in [9.17, 15) is 4.79 Å². The lowest BCUT2D eigenvalue weighted by molar-refractivity contribution is 0.0970. The molecule has 0 radical (unpaired) electrons. The van der Waals surface area contributed by atoms with Crippen LogP contribution < -0.4 is 5.32 Å². The monoisotopic (exact) mass is 237 g/mol. The average molecular weight is 237 g/mol. The molecule has 0 aliphatic rings. The van der Waals surface area contributed by atoms with Crippen LogP contribution in [0.2, 0.25) is 0 Å². The number of nitrogens with one attached hydrogen (secondary N) is 1. The number of amides is 1. The van der Waals surface area contributed by atoms with Gasteiger partial charge in [0.05, 0.1) is 0 Å². The first kappa shape index (κ1) is 12.1. The highest BCUT2D eigenvalue weighted by Gasteiger charge is 2.00. The smallest absolute Gasteiger partial charge is 0.255 e. The molecule has 0 aliphatic carbocycles. The van der Waals surface area contributed by atoms with Gasteiger partial charge in [-0.15, -0.1) is 0 Å². The zero-order valence-corrected chi connectivity index (χ0v) is 10.0. The summed E-state index contributed by atoms with van der Waals surface area (Å²) in [5.74, 6) is -0.0834. The minimum absolute atomic E-state index is 0.0834. The Morgan fingerprint density at radius 3 is 2.22 bits per heavy atom. The standard InChI is InChI=1S/C16H15NO/c18-16(15-11-5-2-6-12-15)17-13-7-10-14-8-3-1-4-9-14/h1-9,11-13H,10H2,(H,17,18)/b13-7+. The summed E-state index contributed by atoms with van der Waals surface area (Å²) < 4.78 is 0. The van der Waals surface area contributed by atoms with Crippen LogP contribution in [0.4, 0.5) is 0 Å². The Morgan fingerprint density at radius 2 is 1.56 bits per heavy atom. The van der Waals surface area contributed by atoms with Gasteiger partial charge in [0, 0.05) is 11.8 Å². The van der Waals surface area contributed by atoms with Gasteiger partial charge in [-0.05, 0) is 24.1 Å². The van der Waals surface area contributed by atoms with E-state index in [-0.39, 0.29) is 5.91 Å². The minimum atomic E-state index is -0.0834. The summed E-state index contributed by atoms with van der Waals surface area (Å²) in [7, 11) is 0. The summed E-state index contributed by atoms with van der Waals surface area (Å²) in [4.78, 5) is 11.7. The van der Waals surface area contributed by atoms with Gasteiger partial charge in [-0.1, -0.05) is 54.6 Å². The second kappa shape index (κ2) is 6.40. The molecular formula is C16H15NO. The van der Waals surface area contributed by atoms with E-state index in [4.69, 9.17) is 0 Å². The first-order valence-electron chi connectivity index (χ1n) is 5.91. The van der Waals surface area contributed by atoms with Crippen molar-refractivity contribution in [3.8, 4) is 0 Å². The summed E-state index contributed by atoms with van der Waals surface area (Å²) in [6.45, 7) is 0. The maximum Gasteiger partial charge on any atom is 0.255 e.